The van der Waals surface area contributed by atoms with E-state index in [2.05, 4.69) is 32.0 Å². The van der Waals surface area contributed by atoms with Crippen LogP contribution in [0.1, 0.15) is 48.8 Å². The van der Waals surface area contributed by atoms with Crippen molar-refractivity contribution in [2.24, 2.45) is 5.92 Å². The van der Waals surface area contributed by atoms with E-state index in [-0.39, 0.29) is 0 Å². The Labute approximate surface area is 110 Å². The minimum atomic E-state index is 0.386. The molecule has 94 valence electrons. The predicted molar refractivity (Wildman–Crippen MR) is 75.8 cm³/mol. The first-order valence-corrected chi connectivity index (χ1v) is 7.31. The molecule has 0 saturated heterocycles. The van der Waals surface area contributed by atoms with Crippen molar-refractivity contribution in [2.75, 3.05) is 0 Å². The van der Waals surface area contributed by atoms with Crippen molar-refractivity contribution >= 4 is 11.6 Å². The summed E-state index contributed by atoms with van der Waals surface area (Å²) in [5.74, 6) is 0.680. The van der Waals surface area contributed by atoms with E-state index in [4.69, 9.17) is 11.6 Å². The molecule has 1 aromatic rings. The highest BCUT2D eigenvalue weighted by molar-refractivity contribution is 6.20. The van der Waals surface area contributed by atoms with E-state index in [1.165, 1.54) is 55.2 Å². The maximum atomic E-state index is 6.54. The van der Waals surface area contributed by atoms with E-state index < -0.39 is 0 Å². The van der Waals surface area contributed by atoms with Crippen molar-refractivity contribution < 1.29 is 0 Å². The zero-order valence-corrected chi connectivity index (χ0v) is 11.8. The van der Waals surface area contributed by atoms with Crippen LogP contribution in [0.25, 0.3) is 0 Å². The summed E-state index contributed by atoms with van der Waals surface area (Å²) < 4.78 is 0. The molecule has 1 fully saturated rings. The molecule has 17 heavy (non-hydrogen) atoms. The summed E-state index contributed by atoms with van der Waals surface area (Å²) in [6.45, 7) is 4.45. The van der Waals surface area contributed by atoms with Gasteiger partial charge in [0.2, 0.25) is 0 Å². The molecular formula is C16H23Cl. The molecule has 0 radical (unpaired) electrons. The van der Waals surface area contributed by atoms with Gasteiger partial charge >= 0.3 is 0 Å². The molecule has 0 bridgehead atoms. The minimum absolute atomic E-state index is 0.386. The normalized spacial score (nSPS) is 25.6. The standard InChI is InChI=1S/C16H23Cl/c1-12-7-6-8-13(2)15(12)11-14-9-4-3-5-10-16(14)17/h6-8,14,16H,3-5,9-11H2,1-2H3. The summed E-state index contributed by atoms with van der Waals surface area (Å²) in [7, 11) is 0. The Morgan fingerprint density at radius 2 is 1.71 bits per heavy atom. The van der Waals surface area contributed by atoms with Gasteiger partial charge in [-0.25, -0.2) is 0 Å². The lowest BCUT2D eigenvalue weighted by atomic mass is 9.88. The number of rotatable bonds is 2. The van der Waals surface area contributed by atoms with Crippen molar-refractivity contribution in [3.8, 4) is 0 Å². The third-order valence-corrected chi connectivity index (χ3v) is 4.75. The van der Waals surface area contributed by atoms with Crippen LogP contribution < -0.4 is 0 Å². The van der Waals surface area contributed by atoms with E-state index >= 15 is 0 Å². The van der Waals surface area contributed by atoms with Gasteiger partial charge in [0.1, 0.15) is 0 Å². The summed E-state index contributed by atoms with van der Waals surface area (Å²) in [4.78, 5) is 0. The van der Waals surface area contributed by atoms with E-state index in [1.54, 1.807) is 0 Å². The molecule has 0 N–H and O–H groups in total. The first kappa shape index (κ1) is 13.0. The Morgan fingerprint density at radius 3 is 2.41 bits per heavy atom. The molecular weight excluding hydrogens is 228 g/mol. The lowest BCUT2D eigenvalue weighted by molar-refractivity contribution is 0.463. The summed E-state index contributed by atoms with van der Waals surface area (Å²) >= 11 is 6.54. The number of aryl methyl sites for hydroxylation is 2. The summed E-state index contributed by atoms with van der Waals surface area (Å²) in [5, 5.41) is 0.386. The monoisotopic (exact) mass is 250 g/mol. The molecule has 2 unspecified atom stereocenters. The van der Waals surface area contributed by atoms with Crippen molar-refractivity contribution in [3.05, 3.63) is 34.9 Å². The average Bonchev–Trinajstić information content (AvgIpc) is 2.49. The molecule has 0 aromatic heterocycles. The zero-order chi connectivity index (χ0) is 12.3. The third kappa shape index (κ3) is 3.25. The number of halogens is 1. The lowest BCUT2D eigenvalue weighted by Gasteiger charge is -2.21. The fraction of sp³-hybridized carbons (Fsp3) is 0.625. The van der Waals surface area contributed by atoms with E-state index in [0.29, 0.717) is 11.3 Å². The van der Waals surface area contributed by atoms with Gasteiger partial charge in [0, 0.05) is 5.38 Å². The highest BCUT2D eigenvalue weighted by Gasteiger charge is 2.22. The van der Waals surface area contributed by atoms with E-state index in [1.807, 2.05) is 0 Å². The molecule has 0 amide bonds. The maximum absolute atomic E-state index is 6.54. The van der Waals surface area contributed by atoms with Gasteiger partial charge in [-0.15, -0.1) is 11.6 Å². The van der Waals surface area contributed by atoms with E-state index in [9.17, 15) is 0 Å². The Balaban J connectivity index is 2.13. The Bertz CT molecular complexity index is 350. The lowest BCUT2D eigenvalue weighted by Crippen LogP contribution is -2.17. The third-order valence-electron chi connectivity index (χ3n) is 4.18. The molecule has 1 aromatic carbocycles. The van der Waals surface area contributed by atoms with Gasteiger partial charge in [-0.05, 0) is 55.7 Å². The van der Waals surface area contributed by atoms with Gasteiger partial charge < -0.3 is 0 Å². The molecule has 1 aliphatic carbocycles. The number of benzene rings is 1. The quantitative estimate of drug-likeness (QED) is 0.510. The second-order valence-electron chi connectivity index (χ2n) is 5.49. The Kier molecular flexibility index (Phi) is 4.50. The molecule has 0 aliphatic heterocycles. The topological polar surface area (TPSA) is 0 Å². The van der Waals surface area contributed by atoms with Crippen molar-refractivity contribution in [3.63, 3.8) is 0 Å². The van der Waals surface area contributed by atoms with Crippen LogP contribution in [-0.2, 0) is 6.42 Å². The fourth-order valence-corrected chi connectivity index (χ4v) is 3.37. The molecule has 0 heterocycles. The second-order valence-corrected chi connectivity index (χ2v) is 6.05. The van der Waals surface area contributed by atoms with Crippen LogP contribution >= 0.6 is 11.6 Å². The molecule has 0 spiro atoms. The molecule has 0 nitrogen and oxygen atoms in total. The highest BCUT2D eigenvalue weighted by Crippen LogP contribution is 2.31. The second kappa shape index (κ2) is 5.91. The van der Waals surface area contributed by atoms with E-state index in [0.717, 1.165) is 0 Å². The van der Waals surface area contributed by atoms with Crippen LogP contribution in [-0.4, -0.2) is 5.38 Å². The van der Waals surface area contributed by atoms with Crippen LogP contribution in [0.5, 0.6) is 0 Å². The summed E-state index contributed by atoms with van der Waals surface area (Å²) in [6, 6.07) is 6.60. The SMILES string of the molecule is Cc1cccc(C)c1CC1CCCCCC1Cl. The Hall–Kier alpha value is -0.490. The first-order valence-electron chi connectivity index (χ1n) is 6.87. The summed E-state index contributed by atoms with van der Waals surface area (Å²) in [5.41, 5.74) is 4.39. The van der Waals surface area contributed by atoms with Gasteiger partial charge in [-0.3, -0.25) is 0 Å². The number of hydrogen-bond acceptors (Lipinski definition) is 0. The zero-order valence-electron chi connectivity index (χ0n) is 11.0. The molecule has 1 heteroatoms. The van der Waals surface area contributed by atoms with Gasteiger partial charge in [-0.2, -0.15) is 0 Å². The van der Waals surface area contributed by atoms with Crippen LogP contribution in [0.15, 0.2) is 18.2 Å². The molecule has 1 aliphatic rings. The van der Waals surface area contributed by atoms with Crippen molar-refractivity contribution in [1.29, 1.82) is 0 Å². The van der Waals surface area contributed by atoms with Gasteiger partial charge in [0.15, 0.2) is 0 Å². The number of alkyl halides is 1. The maximum Gasteiger partial charge on any atom is 0.0367 e. The van der Waals surface area contributed by atoms with Crippen molar-refractivity contribution in [2.45, 2.75) is 57.7 Å². The first-order chi connectivity index (χ1) is 8.18. The highest BCUT2D eigenvalue weighted by atomic mass is 35.5. The largest absolute Gasteiger partial charge is 0.123 e. The van der Waals surface area contributed by atoms with Crippen molar-refractivity contribution in [1.82, 2.24) is 0 Å². The summed E-state index contributed by atoms with van der Waals surface area (Å²) in [6.07, 6.45) is 7.73. The Morgan fingerprint density at radius 1 is 1.06 bits per heavy atom. The minimum Gasteiger partial charge on any atom is -0.123 e. The smallest absolute Gasteiger partial charge is 0.0367 e. The van der Waals surface area contributed by atoms with Crippen LogP contribution in [0.2, 0.25) is 0 Å². The average molecular weight is 251 g/mol. The molecule has 2 rings (SSSR count). The fourth-order valence-electron chi connectivity index (χ4n) is 3.00. The number of hydrogen-bond donors (Lipinski definition) is 0. The van der Waals surface area contributed by atoms with Crippen LogP contribution in [0.3, 0.4) is 0 Å². The van der Waals surface area contributed by atoms with Gasteiger partial charge in [0.25, 0.3) is 0 Å². The molecule has 2 atom stereocenters. The van der Waals surface area contributed by atoms with Gasteiger partial charge in [0.05, 0.1) is 0 Å². The molecule has 1 saturated carbocycles. The van der Waals surface area contributed by atoms with Gasteiger partial charge in [-0.1, -0.05) is 37.5 Å². The van der Waals surface area contributed by atoms with Crippen LogP contribution in [0.4, 0.5) is 0 Å². The van der Waals surface area contributed by atoms with Crippen LogP contribution in [0, 0.1) is 19.8 Å². The predicted octanol–water partition coefficient (Wildman–Crippen LogP) is 5.03.